The molecule has 132 valence electrons. The molecular formula is C18H17N5O2S. The van der Waals surface area contributed by atoms with Gasteiger partial charge < -0.3 is 10.1 Å². The van der Waals surface area contributed by atoms with E-state index in [1.165, 1.54) is 6.20 Å². The van der Waals surface area contributed by atoms with Gasteiger partial charge in [0.25, 0.3) is 5.91 Å². The summed E-state index contributed by atoms with van der Waals surface area (Å²) in [6, 6.07) is 6.05. The Labute approximate surface area is 154 Å². The molecule has 3 heterocycles. The molecule has 0 saturated heterocycles. The lowest BCUT2D eigenvalue weighted by molar-refractivity contribution is 0.0929. The largest absolute Gasteiger partial charge is 0.488 e. The molecule has 1 amide bonds. The van der Waals surface area contributed by atoms with E-state index in [0.29, 0.717) is 12.2 Å². The third-order valence-corrected chi connectivity index (χ3v) is 4.71. The monoisotopic (exact) mass is 367 g/mol. The van der Waals surface area contributed by atoms with Gasteiger partial charge in [-0.2, -0.15) is 8.75 Å². The number of carbonyl (C=O) groups is 1. The minimum Gasteiger partial charge on any atom is -0.488 e. The number of fused-ring (bicyclic) bond motifs is 1. The molecule has 1 aliphatic heterocycles. The van der Waals surface area contributed by atoms with E-state index in [1.807, 2.05) is 26.0 Å². The van der Waals surface area contributed by atoms with E-state index in [-0.39, 0.29) is 12.0 Å². The van der Waals surface area contributed by atoms with Crippen LogP contribution < -0.4 is 10.1 Å². The summed E-state index contributed by atoms with van der Waals surface area (Å²) in [5, 5.41) is 2.84. The first kappa shape index (κ1) is 16.6. The fourth-order valence-corrected chi connectivity index (χ4v) is 3.37. The molecule has 1 N–H and O–H groups in total. The molecule has 0 saturated carbocycles. The van der Waals surface area contributed by atoms with Gasteiger partial charge in [-0.15, -0.1) is 0 Å². The highest BCUT2D eigenvalue weighted by molar-refractivity contribution is 6.99. The number of nitrogens with zero attached hydrogens (tertiary/aromatic N) is 4. The summed E-state index contributed by atoms with van der Waals surface area (Å²) in [5.41, 5.74) is 5.15. The number of amides is 1. The molecule has 0 spiro atoms. The molecule has 7 nitrogen and oxygen atoms in total. The topological polar surface area (TPSA) is 89.9 Å². The number of hydrogen-bond donors (Lipinski definition) is 1. The third kappa shape index (κ3) is 3.28. The number of carbonyl (C=O) groups excluding carboxylic acids is 1. The maximum absolute atomic E-state index is 12.0. The summed E-state index contributed by atoms with van der Waals surface area (Å²) in [6.45, 7) is 4.31. The van der Waals surface area contributed by atoms with Gasteiger partial charge in [-0.25, -0.2) is 4.98 Å². The summed E-state index contributed by atoms with van der Waals surface area (Å²) in [5.74, 6) is 0.617. The molecule has 0 fully saturated rings. The van der Waals surface area contributed by atoms with E-state index in [2.05, 4.69) is 30.1 Å². The maximum atomic E-state index is 12.0. The normalized spacial score (nSPS) is 15.4. The number of rotatable bonds is 4. The molecule has 0 bridgehead atoms. The predicted molar refractivity (Wildman–Crippen MR) is 97.3 cm³/mol. The first-order valence-electron chi connectivity index (χ1n) is 8.26. The van der Waals surface area contributed by atoms with Crippen molar-refractivity contribution in [2.75, 3.05) is 6.54 Å². The molecule has 8 heteroatoms. The molecule has 0 aliphatic carbocycles. The average molecular weight is 367 g/mol. The highest BCUT2D eigenvalue weighted by atomic mass is 32.1. The first-order valence-corrected chi connectivity index (χ1v) is 8.99. The van der Waals surface area contributed by atoms with Gasteiger partial charge in [0.2, 0.25) is 0 Å². The van der Waals surface area contributed by atoms with Crippen molar-refractivity contribution in [1.82, 2.24) is 24.0 Å². The second-order valence-electron chi connectivity index (χ2n) is 6.21. The molecule has 1 unspecified atom stereocenters. The van der Waals surface area contributed by atoms with Gasteiger partial charge in [-0.1, -0.05) is 0 Å². The Hall–Kier alpha value is -2.87. The Morgan fingerprint density at radius 1 is 1.35 bits per heavy atom. The molecule has 1 aliphatic rings. The molecule has 26 heavy (non-hydrogen) atoms. The van der Waals surface area contributed by atoms with Crippen LogP contribution in [0.25, 0.3) is 11.3 Å². The molecule has 4 rings (SSSR count). The zero-order chi connectivity index (χ0) is 18.1. The summed E-state index contributed by atoms with van der Waals surface area (Å²) in [6.07, 6.45) is 3.87. The van der Waals surface area contributed by atoms with Crippen molar-refractivity contribution in [2.24, 2.45) is 0 Å². The van der Waals surface area contributed by atoms with Gasteiger partial charge in [-0.3, -0.25) is 9.78 Å². The van der Waals surface area contributed by atoms with Gasteiger partial charge in [0.05, 0.1) is 41.6 Å². The second-order valence-corrected chi connectivity index (χ2v) is 6.77. The SMILES string of the molecule is Cc1cnc(C)c(-c2ccc3c(c2)CC(CNC(=O)c2cnsn2)O3)n1. The highest BCUT2D eigenvalue weighted by Gasteiger charge is 2.24. The van der Waals surface area contributed by atoms with Crippen LogP contribution in [0.15, 0.2) is 30.6 Å². The van der Waals surface area contributed by atoms with Crippen molar-refractivity contribution < 1.29 is 9.53 Å². The average Bonchev–Trinajstić information content (AvgIpc) is 3.30. The highest BCUT2D eigenvalue weighted by Crippen LogP contribution is 2.33. The van der Waals surface area contributed by atoms with E-state index in [0.717, 1.165) is 52.1 Å². The van der Waals surface area contributed by atoms with E-state index in [9.17, 15) is 4.79 Å². The zero-order valence-electron chi connectivity index (χ0n) is 14.4. The van der Waals surface area contributed by atoms with Crippen molar-refractivity contribution in [1.29, 1.82) is 0 Å². The minimum atomic E-state index is -0.232. The van der Waals surface area contributed by atoms with Crippen molar-refractivity contribution in [3.63, 3.8) is 0 Å². The minimum absolute atomic E-state index is 0.0968. The lowest BCUT2D eigenvalue weighted by atomic mass is 10.0. The Morgan fingerprint density at radius 2 is 2.23 bits per heavy atom. The van der Waals surface area contributed by atoms with Crippen LogP contribution in [0.2, 0.25) is 0 Å². The number of aryl methyl sites for hydroxylation is 2. The summed E-state index contributed by atoms with van der Waals surface area (Å²) < 4.78 is 13.7. The van der Waals surface area contributed by atoms with Gasteiger partial charge in [0, 0.05) is 18.2 Å². The number of aromatic nitrogens is 4. The Morgan fingerprint density at radius 3 is 3.04 bits per heavy atom. The molecule has 2 aromatic heterocycles. The lowest BCUT2D eigenvalue weighted by Crippen LogP contribution is -2.34. The van der Waals surface area contributed by atoms with Gasteiger partial charge >= 0.3 is 0 Å². The van der Waals surface area contributed by atoms with E-state index in [1.54, 1.807) is 6.20 Å². The van der Waals surface area contributed by atoms with Crippen LogP contribution in [-0.4, -0.2) is 37.3 Å². The van der Waals surface area contributed by atoms with Gasteiger partial charge in [0.1, 0.15) is 11.9 Å². The Bertz CT molecular complexity index is 958. The smallest absolute Gasteiger partial charge is 0.272 e. The quantitative estimate of drug-likeness (QED) is 0.761. The standard InChI is InChI=1S/C18H17N5O2S/c1-10-7-19-11(2)17(22-10)12-3-4-16-13(5-12)6-14(25-16)8-20-18(24)15-9-21-26-23-15/h3-5,7,9,14H,6,8H2,1-2H3,(H,20,24). The van der Waals surface area contributed by atoms with Crippen LogP contribution in [0.3, 0.4) is 0 Å². The van der Waals surface area contributed by atoms with Gasteiger partial charge in [0.15, 0.2) is 5.69 Å². The third-order valence-electron chi connectivity index (χ3n) is 4.24. The number of ether oxygens (including phenoxy) is 1. The van der Waals surface area contributed by atoms with Crippen molar-refractivity contribution in [3.8, 4) is 17.0 Å². The fourth-order valence-electron chi connectivity index (χ4n) is 2.95. The van der Waals surface area contributed by atoms with Crippen LogP contribution >= 0.6 is 11.7 Å². The van der Waals surface area contributed by atoms with E-state index in [4.69, 9.17) is 4.74 Å². The molecule has 3 aromatic rings. The second kappa shape index (κ2) is 6.80. The predicted octanol–water partition coefficient (Wildman–Crippen LogP) is 2.35. The Balaban J connectivity index is 1.46. The van der Waals surface area contributed by atoms with Crippen molar-refractivity contribution >= 4 is 17.6 Å². The van der Waals surface area contributed by atoms with Crippen LogP contribution in [0.5, 0.6) is 5.75 Å². The lowest BCUT2D eigenvalue weighted by Gasteiger charge is -2.10. The summed E-state index contributed by atoms with van der Waals surface area (Å²) >= 11 is 1.01. The fraction of sp³-hybridized carbons (Fsp3) is 0.278. The van der Waals surface area contributed by atoms with Crippen LogP contribution in [0.4, 0.5) is 0 Å². The maximum Gasteiger partial charge on any atom is 0.272 e. The number of benzene rings is 1. The zero-order valence-corrected chi connectivity index (χ0v) is 15.2. The number of hydrogen-bond acceptors (Lipinski definition) is 7. The number of nitrogens with one attached hydrogen (secondary N) is 1. The molecular weight excluding hydrogens is 350 g/mol. The van der Waals surface area contributed by atoms with Gasteiger partial charge in [-0.05, 0) is 37.6 Å². The van der Waals surface area contributed by atoms with E-state index < -0.39 is 0 Å². The van der Waals surface area contributed by atoms with Crippen LogP contribution in [0, 0.1) is 13.8 Å². The molecule has 1 atom stereocenters. The summed E-state index contributed by atoms with van der Waals surface area (Å²) in [7, 11) is 0. The molecule has 0 radical (unpaired) electrons. The van der Waals surface area contributed by atoms with Crippen molar-refractivity contribution in [2.45, 2.75) is 26.4 Å². The van der Waals surface area contributed by atoms with Crippen molar-refractivity contribution in [3.05, 3.63) is 53.2 Å². The summed E-state index contributed by atoms with van der Waals surface area (Å²) in [4.78, 5) is 21.0. The molecule has 1 aromatic carbocycles. The van der Waals surface area contributed by atoms with Crippen LogP contribution in [0.1, 0.15) is 27.4 Å². The first-order chi connectivity index (χ1) is 12.6. The Kier molecular flexibility index (Phi) is 4.34. The van der Waals surface area contributed by atoms with E-state index >= 15 is 0 Å². The van der Waals surface area contributed by atoms with Crippen LogP contribution in [-0.2, 0) is 6.42 Å².